The Morgan fingerprint density at radius 3 is 1.33 bits per heavy atom. The molecule has 79 heavy (non-hydrogen) atoms. The Kier molecular flexibility index (Phi) is 53.8. The molecule has 11 heteroatoms. The summed E-state index contributed by atoms with van der Waals surface area (Å²) in [4.78, 5) is 25.1. The molecule has 1 saturated heterocycles. The van der Waals surface area contributed by atoms with Crippen LogP contribution < -0.4 is 5.32 Å². The molecule has 7 unspecified atom stereocenters. The molecule has 11 nitrogen and oxygen atoms in total. The molecule has 0 aromatic heterocycles. The van der Waals surface area contributed by atoms with Gasteiger partial charge in [-0.2, -0.15) is 0 Å². The average Bonchev–Trinajstić information content (AvgIpc) is 3.46. The first-order valence-corrected chi connectivity index (χ1v) is 33.0. The normalized spacial score (nSPS) is 18.8. The molecule has 7 atom stereocenters. The van der Waals surface area contributed by atoms with Crippen LogP contribution in [-0.2, 0) is 23.8 Å². The number of hydrogen-bond acceptors (Lipinski definition) is 10. The third-order valence-corrected chi connectivity index (χ3v) is 15.4. The maximum atomic E-state index is 13.0. The third-order valence-electron chi connectivity index (χ3n) is 15.4. The average molecular weight is 1110 g/mol. The summed E-state index contributed by atoms with van der Waals surface area (Å²) in [6.45, 7) is 4.09. The molecule has 1 rings (SSSR count). The fourth-order valence-electron chi connectivity index (χ4n) is 10.2. The van der Waals surface area contributed by atoms with E-state index in [1.54, 1.807) is 6.08 Å². The highest BCUT2D eigenvalue weighted by Crippen LogP contribution is 2.23. The summed E-state index contributed by atoms with van der Waals surface area (Å²) in [6.07, 6.45) is 65.2. The van der Waals surface area contributed by atoms with Crippen LogP contribution >= 0.6 is 0 Å². The number of rotatable bonds is 57. The summed E-state index contributed by atoms with van der Waals surface area (Å²) in [5, 5.41) is 54.2. The Labute approximate surface area is 484 Å². The summed E-state index contributed by atoms with van der Waals surface area (Å²) in [5.74, 6) is -0.207. The monoisotopic (exact) mass is 1110 g/mol. The van der Waals surface area contributed by atoms with Crippen molar-refractivity contribution in [1.82, 2.24) is 5.32 Å². The number of carbonyl (C=O) groups excluding carboxylic acids is 2. The van der Waals surface area contributed by atoms with Crippen molar-refractivity contribution < 1.29 is 49.3 Å². The fraction of sp³-hybridized carbons (Fsp3) is 0.824. The molecule has 0 aromatic rings. The van der Waals surface area contributed by atoms with Crippen molar-refractivity contribution in [3.05, 3.63) is 60.8 Å². The van der Waals surface area contributed by atoms with E-state index in [0.29, 0.717) is 19.4 Å². The SMILES string of the molecule is C/C=C/CC/C=C/CC/C=C/C(O)C(COC1OC(CO)C(O)C(O)C1O)NC(=O)CCCCCCCCCC/C=C\CCCCCCCCCCCCCCOC(=O)CCCCCCCCC/C=C\CCCCCCCCC. The largest absolute Gasteiger partial charge is 0.466 e. The molecule has 0 aliphatic carbocycles. The quantitative estimate of drug-likeness (QED) is 0.0195. The molecule has 0 bridgehead atoms. The number of aliphatic hydroxyl groups is 5. The molecule has 0 spiro atoms. The van der Waals surface area contributed by atoms with Crippen LogP contribution in [0, 0.1) is 0 Å². The smallest absolute Gasteiger partial charge is 0.305 e. The Bertz CT molecular complexity index is 1500. The number of amides is 1. The van der Waals surface area contributed by atoms with E-state index in [2.05, 4.69) is 54.8 Å². The minimum atomic E-state index is -1.58. The topological polar surface area (TPSA) is 175 Å². The first-order valence-electron chi connectivity index (χ1n) is 33.0. The Morgan fingerprint density at radius 1 is 0.481 bits per heavy atom. The fourth-order valence-corrected chi connectivity index (χ4v) is 10.2. The summed E-state index contributed by atoms with van der Waals surface area (Å²) in [7, 11) is 0. The Hall–Kier alpha value is -2.64. The molecule has 0 radical (unpaired) electrons. The molecule has 0 saturated carbocycles. The lowest BCUT2D eigenvalue weighted by Crippen LogP contribution is -2.60. The van der Waals surface area contributed by atoms with Crippen LogP contribution in [0.4, 0.5) is 0 Å². The van der Waals surface area contributed by atoms with Gasteiger partial charge in [-0.3, -0.25) is 9.59 Å². The molecule has 6 N–H and O–H groups in total. The van der Waals surface area contributed by atoms with E-state index in [4.69, 9.17) is 14.2 Å². The number of allylic oxidation sites excluding steroid dienone is 9. The molecule has 1 amide bonds. The second-order valence-electron chi connectivity index (χ2n) is 22.8. The predicted molar refractivity (Wildman–Crippen MR) is 329 cm³/mol. The highest BCUT2D eigenvalue weighted by molar-refractivity contribution is 5.76. The van der Waals surface area contributed by atoms with Gasteiger partial charge in [0.25, 0.3) is 0 Å². The number of carbonyl (C=O) groups is 2. The van der Waals surface area contributed by atoms with Gasteiger partial charge in [0.1, 0.15) is 24.4 Å². The Balaban J connectivity index is 1.95. The van der Waals surface area contributed by atoms with Crippen LogP contribution in [0.2, 0.25) is 0 Å². The van der Waals surface area contributed by atoms with Crippen molar-refractivity contribution >= 4 is 11.9 Å². The van der Waals surface area contributed by atoms with Crippen molar-refractivity contribution in [2.75, 3.05) is 19.8 Å². The molecule has 1 aliphatic heterocycles. The zero-order valence-corrected chi connectivity index (χ0v) is 50.8. The lowest BCUT2D eigenvalue weighted by atomic mass is 9.99. The van der Waals surface area contributed by atoms with E-state index in [0.717, 1.165) is 77.0 Å². The van der Waals surface area contributed by atoms with Crippen molar-refractivity contribution in [1.29, 1.82) is 0 Å². The molecule has 460 valence electrons. The van der Waals surface area contributed by atoms with E-state index in [1.165, 1.54) is 193 Å². The number of unbranched alkanes of at least 4 members (excludes halogenated alkanes) is 36. The number of ether oxygens (including phenoxy) is 3. The van der Waals surface area contributed by atoms with Gasteiger partial charge in [-0.05, 0) is 103 Å². The number of hydrogen-bond donors (Lipinski definition) is 6. The van der Waals surface area contributed by atoms with Crippen LogP contribution in [0.1, 0.15) is 296 Å². The highest BCUT2D eigenvalue weighted by Gasteiger charge is 2.44. The molecule has 1 aliphatic rings. The van der Waals surface area contributed by atoms with Crippen molar-refractivity contribution in [2.24, 2.45) is 0 Å². The van der Waals surface area contributed by atoms with Crippen LogP contribution in [0.15, 0.2) is 60.8 Å². The van der Waals surface area contributed by atoms with Gasteiger partial charge in [-0.1, -0.05) is 241 Å². The molecule has 1 fully saturated rings. The summed E-state index contributed by atoms with van der Waals surface area (Å²) < 4.78 is 16.7. The van der Waals surface area contributed by atoms with E-state index in [-0.39, 0.29) is 18.5 Å². The summed E-state index contributed by atoms with van der Waals surface area (Å²) in [5.41, 5.74) is 0. The zero-order valence-electron chi connectivity index (χ0n) is 50.8. The van der Waals surface area contributed by atoms with Gasteiger partial charge < -0.3 is 45.1 Å². The van der Waals surface area contributed by atoms with Crippen molar-refractivity contribution in [3.63, 3.8) is 0 Å². The second-order valence-corrected chi connectivity index (χ2v) is 22.8. The van der Waals surface area contributed by atoms with Gasteiger partial charge >= 0.3 is 5.97 Å². The number of esters is 1. The van der Waals surface area contributed by atoms with Gasteiger partial charge in [0, 0.05) is 12.8 Å². The second kappa shape index (κ2) is 57.2. The van der Waals surface area contributed by atoms with E-state index in [9.17, 15) is 35.1 Å². The van der Waals surface area contributed by atoms with Crippen LogP contribution in [0.5, 0.6) is 0 Å². The minimum absolute atomic E-state index is 0.00270. The molecular weight excluding hydrogens is 991 g/mol. The summed E-state index contributed by atoms with van der Waals surface area (Å²) in [6, 6.07) is -0.838. The third kappa shape index (κ3) is 46.5. The lowest BCUT2D eigenvalue weighted by molar-refractivity contribution is -0.302. The first-order chi connectivity index (χ1) is 38.7. The molecule has 0 aromatic carbocycles. The minimum Gasteiger partial charge on any atom is -0.466 e. The van der Waals surface area contributed by atoms with Gasteiger partial charge in [0.05, 0.1) is 32.0 Å². The van der Waals surface area contributed by atoms with Crippen LogP contribution in [0.25, 0.3) is 0 Å². The molecule has 1 heterocycles. The van der Waals surface area contributed by atoms with Gasteiger partial charge in [-0.25, -0.2) is 0 Å². The van der Waals surface area contributed by atoms with Crippen LogP contribution in [0.3, 0.4) is 0 Å². The van der Waals surface area contributed by atoms with Gasteiger partial charge in [-0.15, -0.1) is 0 Å². The lowest BCUT2D eigenvalue weighted by Gasteiger charge is -2.40. The maximum Gasteiger partial charge on any atom is 0.305 e. The van der Waals surface area contributed by atoms with Crippen molar-refractivity contribution in [2.45, 2.75) is 339 Å². The van der Waals surface area contributed by atoms with E-state index < -0.39 is 49.5 Å². The van der Waals surface area contributed by atoms with E-state index in [1.807, 2.05) is 19.1 Å². The predicted octanol–water partition coefficient (Wildman–Crippen LogP) is 16.2. The first kappa shape index (κ1) is 74.4. The number of nitrogens with one attached hydrogen (secondary N) is 1. The standard InChI is InChI=1S/C68H123NO10/c1-3-5-7-9-11-13-14-15-16-17-27-30-33-36-40-44-48-52-56-64(73)77-57-53-49-45-41-37-34-31-28-25-23-21-19-18-20-22-24-26-29-32-35-39-43-47-51-55-63(72)69-60(61(71)54-50-46-42-38-12-10-8-6-4-2)59-78-68-67(76)66(75)65(74)62(58-70)79-68/h4,6,12,16-17,20,22,38,50,54,60-62,65-68,70-71,74-76H,3,5,7-11,13-15,18-19,21,23-37,39-49,51-53,55-59H2,1-2H3,(H,69,72)/b6-4+,17-16-,22-20-,38-12+,54-50+. The zero-order chi connectivity index (χ0) is 57.3. The summed E-state index contributed by atoms with van der Waals surface area (Å²) >= 11 is 0. The van der Waals surface area contributed by atoms with Crippen LogP contribution in [-0.4, -0.2) is 100 Å². The van der Waals surface area contributed by atoms with Gasteiger partial charge in [0.2, 0.25) is 5.91 Å². The number of aliphatic hydroxyl groups excluding tert-OH is 5. The maximum absolute atomic E-state index is 13.0. The highest BCUT2D eigenvalue weighted by atomic mass is 16.7. The van der Waals surface area contributed by atoms with E-state index >= 15 is 0 Å². The van der Waals surface area contributed by atoms with Gasteiger partial charge in [0.15, 0.2) is 6.29 Å². The van der Waals surface area contributed by atoms with Crippen molar-refractivity contribution in [3.8, 4) is 0 Å². The molecular formula is C68H123NO10. The Morgan fingerprint density at radius 2 is 0.873 bits per heavy atom.